The van der Waals surface area contributed by atoms with E-state index in [1.807, 2.05) is 12.4 Å². The van der Waals surface area contributed by atoms with Gasteiger partial charge in [0.2, 0.25) is 0 Å². The van der Waals surface area contributed by atoms with Gasteiger partial charge in [-0.25, -0.2) is 4.98 Å². The highest BCUT2D eigenvalue weighted by molar-refractivity contribution is 6.17. The third-order valence-corrected chi connectivity index (χ3v) is 3.74. The number of pyridine rings is 1. The molecular formula is C15H22ClN3. The predicted octanol–water partition coefficient (Wildman–Crippen LogP) is 4.35. The van der Waals surface area contributed by atoms with Gasteiger partial charge in [-0.1, -0.05) is 26.2 Å². The Morgan fingerprint density at radius 3 is 2.95 bits per heavy atom. The monoisotopic (exact) mass is 279 g/mol. The first-order valence-corrected chi connectivity index (χ1v) is 7.68. The molecular weight excluding hydrogens is 258 g/mol. The van der Waals surface area contributed by atoms with Crippen molar-refractivity contribution in [2.24, 2.45) is 0 Å². The number of alkyl halides is 1. The predicted molar refractivity (Wildman–Crippen MR) is 80.8 cm³/mol. The molecule has 104 valence electrons. The summed E-state index contributed by atoms with van der Waals surface area (Å²) >= 11 is 5.90. The molecule has 1 unspecified atom stereocenters. The number of unbranched alkanes of at least 4 members (excludes halogenated alkanes) is 2. The standard InChI is InChI=1S/C15H22ClN3/c1-3-4-5-6-12(2)19-14-8-10-17-11-13(14)18-15(19)7-9-16/h8,10-12H,3-7,9H2,1-2H3. The van der Waals surface area contributed by atoms with Crippen LogP contribution in [-0.2, 0) is 6.42 Å². The Balaban J connectivity index is 2.29. The first-order chi connectivity index (χ1) is 9.27. The molecule has 0 spiro atoms. The molecule has 2 aromatic heterocycles. The summed E-state index contributed by atoms with van der Waals surface area (Å²) in [5.41, 5.74) is 2.16. The SMILES string of the molecule is CCCCCC(C)n1c(CCCl)nc2cnccc21. The molecule has 0 fully saturated rings. The van der Waals surface area contributed by atoms with Crippen molar-refractivity contribution < 1.29 is 0 Å². The van der Waals surface area contributed by atoms with Gasteiger partial charge in [0.15, 0.2) is 0 Å². The molecule has 0 N–H and O–H groups in total. The normalized spacial score (nSPS) is 13.0. The lowest BCUT2D eigenvalue weighted by molar-refractivity contribution is 0.474. The minimum Gasteiger partial charge on any atom is -0.325 e. The van der Waals surface area contributed by atoms with Crippen LogP contribution in [0.15, 0.2) is 18.5 Å². The van der Waals surface area contributed by atoms with Crippen molar-refractivity contribution in [1.82, 2.24) is 14.5 Å². The van der Waals surface area contributed by atoms with E-state index in [1.165, 1.54) is 31.2 Å². The summed E-state index contributed by atoms with van der Waals surface area (Å²) in [5, 5.41) is 0. The van der Waals surface area contributed by atoms with Crippen LogP contribution in [0.1, 0.15) is 51.4 Å². The van der Waals surface area contributed by atoms with E-state index in [0.717, 1.165) is 17.8 Å². The molecule has 0 saturated heterocycles. The van der Waals surface area contributed by atoms with Crippen molar-refractivity contribution in [3.8, 4) is 0 Å². The molecule has 0 amide bonds. The van der Waals surface area contributed by atoms with Crippen LogP contribution in [-0.4, -0.2) is 20.4 Å². The van der Waals surface area contributed by atoms with Crippen molar-refractivity contribution in [2.75, 3.05) is 5.88 Å². The molecule has 0 aliphatic heterocycles. The maximum Gasteiger partial charge on any atom is 0.111 e. The van der Waals surface area contributed by atoms with Gasteiger partial charge in [-0.3, -0.25) is 4.98 Å². The highest BCUT2D eigenvalue weighted by Crippen LogP contribution is 2.24. The fourth-order valence-electron chi connectivity index (χ4n) is 2.57. The Hall–Kier alpha value is -1.09. The first-order valence-electron chi connectivity index (χ1n) is 7.14. The lowest BCUT2D eigenvalue weighted by Gasteiger charge is -2.17. The second-order valence-electron chi connectivity index (χ2n) is 5.05. The van der Waals surface area contributed by atoms with E-state index in [9.17, 15) is 0 Å². The molecule has 2 rings (SSSR count). The minimum atomic E-state index is 0.470. The van der Waals surface area contributed by atoms with Crippen LogP contribution in [0.25, 0.3) is 11.0 Å². The van der Waals surface area contributed by atoms with Crippen LogP contribution in [0.5, 0.6) is 0 Å². The van der Waals surface area contributed by atoms with Crippen molar-refractivity contribution in [1.29, 1.82) is 0 Å². The van der Waals surface area contributed by atoms with Gasteiger partial charge in [-0.2, -0.15) is 0 Å². The number of hydrogen-bond acceptors (Lipinski definition) is 2. The number of nitrogens with zero attached hydrogens (tertiary/aromatic N) is 3. The number of hydrogen-bond donors (Lipinski definition) is 0. The van der Waals surface area contributed by atoms with Crippen molar-refractivity contribution in [2.45, 2.75) is 52.0 Å². The van der Waals surface area contributed by atoms with Crippen LogP contribution in [0.3, 0.4) is 0 Å². The Morgan fingerprint density at radius 2 is 2.21 bits per heavy atom. The number of aromatic nitrogens is 3. The van der Waals surface area contributed by atoms with Gasteiger partial charge in [-0.05, 0) is 19.4 Å². The lowest BCUT2D eigenvalue weighted by atomic mass is 10.1. The van der Waals surface area contributed by atoms with Gasteiger partial charge in [0.1, 0.15) is 11.3 Å². The summed E-state index contributed by atoms with van der Waals surface area (Å²) in [4.78, 5) is 8.82. The van der Waals surface area contributed by atoms with E-state index in [0.29, 0.717) is 11.9 Å². The van der Waals surface area contributed by atoms with Gasteiger partial charge >= 0.3 is 0 Å². The third-order valence-electron chi connectivity index (χ3n) is 3.55. The fourth-order valence-corrected chi connectivity index (χ4v) is 2.74. The van der Waals surface area contributed by atoms with Crippen molar-refractivity contribution in [3.63, 3.8) is 0 Å². The summed E-state index contributed by atoms with van der Waals surface area (Å²) in [7, 11) is 0. The van der Waals surface area contributed by atoms with Gasteiger partial charge < -0.3 is 4.57 Å². The van der Waals surface area contributed by atoms with Crippen LogP contribution in [0.4, 0.5) is 0 Å². The highest BCUT2D eigenvalue weighted by Gasteiger charge is 2.15. The zero-order chi connectivity index (χ0) is 13.7. The van der Waals surface area contributed by atoms with E-state index in [1.54, 1.807) is 0 Å². The molecule has 1 atom stereocenters. The third kappa shape index (κ3) is 3.27. The number of aryl methyl sites for hydroxylation is 1. The molecule has 4 heteroatoms. The highest BCUT2D eigenvalue weighted by atomic mass is 35.5. The summed E-state index contributed by atoms with van der Waals surface area (Å²) < 4.78 is 2.34. The van der Waals surface area contributed by atoms with Gasteiger partial charge in [-0.15, -0.1) is 11.6 Å². The van der Waals surface area contributed by atoms with E-state index in [-0.39, 0.29) is 0 Å². The van der Waals surface area contributed by atoms with Crippen molar-refractivity contribution in [3.05, 3.63) is 24.3 Å². The second kappa shape index (κ2) is 6.90. The average molecular weight is 280 g/mol. The average Bonchev–Trinajstić information content (AvgIpc) is 2.77. The Bertz CT molecular complexity index is 521. The van der Waals surface area contributed by atoms with Crippen LogP contribution < -0.4 is 0 Å². The molecule has 0 aromatic carbocycles. The quantitative estimate of drug-likeness (QED) is 0.557. The summed E-state index contributed by atoms with van der Waals surface area (Å²) in [6.45, 7) is 4.51. The van der Waals surface area contributed by atoms with E-state index < -0.39 is 0 Å². The van der Waals surface area contributed by atoms with Crippen LogP contribution in [0.2, 0.25) is 0 Å². The van der Waals surface area contributed by atoms with Crippen molar-refractivity contribution >= 4 is 22.6 Å². The summed E-state index contributed by atoms with van der Waals surface area (Å²) in [6, 6.07) is 2.52. The largest absolute Gasteiger partial charge is 0.325 e. The molecule has 19 heavy (non-hydrogen) atoms. The second-order valence-corrected chi connectivity index (χ2v) is 5.42. The van der Waals surface area contributed by atoms with Gasteiger partial charge in [0.25, 0.3) is 0 Å². The number of rotatable bonds is 7. The minimum absolute atomic E-state index is 0.470. The molecule has 0 aliphatic rings. The Labute approximate surface area is 120 Å². The lowest BCUT2D eigenvalue weighted by Crippen LogP contribution is -2.10. The van der Waals surface area contributed by atoms with E-state index in [2.05, 4.69) is 34.4 Å². The van der Waals surface area contributed by atoms with Crippen LogP contribution >= 0.6 is 11.6 Å². The number of imidazole rings is 1. The summed E-state index contributed by atoms with van der Waals surface area (Å²) in [6.07, 6.45) is 9.50. The molecule has 0 saturated carbocycles. The molecule has 0 radical (unpaired) electrons. The van der Waals surface area contributed by atoms with E-state index >= 15 is 0 Å². The number of halogens is 1. The zero-order valence-corrected chi connectivity index (χ0v) is 12.5. The maximum atomic E-state index is 5.90. The molecule has 2 aromatic rings. The Morgan fingerprint density at radius 1 is 1.37 bits per heavy atom. The first kappa shape index (κ1) is 14.3. The fraction of sp³-hybridized carbons (Fsp3) is 0.600. The zero-order valence-electron chi connectivity index (χ0n) is 11.8. The maximum absolute atomic E-state index is 5.90. The Kier molecular flexibility index (Phi) is 5.20. The smallest absolute Gasteiger partial charge is 0.111 e. The number of fused-ring (bicyclic) bond motifs is 1. The summed E-state index contributed by atoms with van der Waals surface area (Å²) in [5.74, 6) is 1.69. The molecule has 3 nitrogen and oxygen atoms in total. The van der Waals surface area contributed by atoms with Crippen LogP contribution in [0, 0.1) is 0 Å². The molecule has 0 aliphatic carbocycles. The van der Waals surface area contributed by atoms with Gasteiger partial charge in [0.05, 0.1) is 11.7 Å². The molecule has 0 bridgehead atoms. The topological polar surface area (TPSA) is 30.7 Å². The van der Waals surface area contributed by atoms with Gasteiger partial charge in [0, 0.05) is 24.5 Å². The molecule has 2 heterocycles. The van der Waals surface area contributed by atoms with E-state index in [4.69, 9.17) is 11.6 Å².